The zero-order valence-corrected chi connectivity index (χ0v) is 14.8. The summed E-state index contributed by atoms with van der Waals surface area (Å²) in [6.07, 6.45) is 1.53. The van der Waals surface area contributed by atoms with E-state index in [1.165, 1.54) is 30.5 Å². The summed E-state index contributed by atoms with van der Waals surface area (Å²) in [4.78, 5) is 16.6. The third kappa shape index (κ3) is 4.52. The second-order valence-electron chi connectivity index (χ2n) is 5.58. The van der Waals surface area contributed by atoms with Gasteiger partial charge in [0, 0.05) is 23.5 Å². The number of rotatable bonds is 6. The number of aromatic nitrogens is 1. The number of halogens is 1. The van der Waals surface area contributed by atoms with E-state index < -0.39 is 0 Å². The van der Waals surface area contributed by atoms with E-state index in [2.05, 4.69) is 15.6 Å². The number of ether oxygens (including phenoxy) is 2. The summed E-state index contributed by atoms with van der Waals surface area (Å²) in [7, 11) is 3.13. The van der Waals surface area contributed by atoms with Crippen LogP contribution in [-0.2, 0) is 0 Å². The Morgan fingerprint density at radius 3 is 2.48 bits per heavy atom. The largest absolute Gasteiger partial charge is 0.497 e. The van der Waals surface area contributed by atoms with Gasteiger partial charge < -0.3 is 20.1 Å². The molecule has 0 aliphatic carbocycles. The second-order valence-corrected chi connectivity index (χ2v) is 5.58. The standard InChI is InChI=1S/C20H18FN3O3/c1-26-16-7-8-17(18(12-16)27-2)24-19-11-13(9-10-22-19)20(25)23-15-5-3-14(21)4-6-15/h3-12H,1-2H3,(H,22,24)(H,23,25). The number of hydrogen-bond donors (Lipinski definition) is 2. The van der Waals surface area contributed by atoms with Crippen molar-refractivity contribution in [1.82, 2.24) is 4.98 Å². The number of carbonyl (C=O) groups is 1. The van der Waals surface area contributed by atoms with Gasteiger partial charge in [0.05, 0.1) is 19.9 Å². The van der Waals surface area contributed by atoms with E-state index in [0.29, 0.717) is 34.3 Å². The highest BCUT2D eigenvalue weighted by molar-refractivity contribution is 6.04. The lowest BCUT2D eigenvalue weighted by Gasteiger charge is -2.12. The Morgan fingerprint density at radius 2 is 1.78 bits per heavy atom. The highest BCUT2D eigenvalue weighted by atomic mass is 19.1. The van der Waals surface area contributed by atoms with Crippen LogP contribution in [0.3, 0.4) is 0 Å². The molecule has 7 heteroatoms. The minimum absolute atomic E-state index is 0.325. The zero-order valence-electron chi connectivity index (χ0n) is 14.8. The molecule has 0 radical (unpaired) electrons. The molecule has 0 aliphatic heterocycles. The molecule has 2 N–H and O–H groups in total. The first-order valence-corrected chi connectivity index (χ1v) is 8.11. The Morgan fingerprint density at radius 1 is 1.00 bits per heavy atom. The van der Waals surface area contributed by atoms with Gasteiger partial charge in [0.25, 0.3) is 5.91 Å². The molecule has 1 aromatic heterocycles. The fraction of sp³-hybridized carbons (Fsp3) is 0.100. The maximum atomic E-state index is 13.0. The van der Waals surface area contributed by atoms with Crippen molar-refractivity contribution in [3.05, 3.63) is 72.2 Å². The molecule has 138 valence electrons. The number of methoxy groups -OCH3 is 2. The summed E-state index contributed by atoms with van der Waals surface area (Å²) in [5, 5.41) is 5.83. The molecule has 1 amide bonds. The van der Waals surface area contributed by atoms with E-state index in [4.69, 9.17) is 9.47 Å². The quantitative estimate of drug-likeness (QED) is 0.682. The Kier molecular flexibility index (Phi) is 5.51. The van der Waals surface area contributed by atoms with Gasteiger partial charge in [-0.3, -0.25) is 4.79 Å². The van der Waals surface area contributed by atoms with Gasteiger partial charge in [-0.1, -0.05) is 0 Å². The summed E-state index contributed by atoms with van der Waals surface area (Å²) in [5.41, 5.74) is 1.59. The van der Waals surface area contributed by atoms with E-state index in [0.717, 1.165) is 0 Å². The normalized spacial score (nSPS) is 10.2. The van der Waals surface area contributed by atoms with E-state index in [9.17, 15) is 9.18 Å². The molecule has 0 spiro atoms. The number of benzene rings is 2. The molecule has 3 rings (SSSR count). The van der Waals surface area contributed by atoms with Crippen molar-refractivity contribution in [2.45, 2.75) is 0 Å². The molecule has 27 heavy (non-hydrogen) atoms. The van der Waals surface area contributed by atoms with Gasteiger partial charge in [-0.2, -0.15) is 0 Å². The lowest BCUT2D eigenvalue weighted by Crippen LogP contribution is -2.12. The molecular formula is C20H18FN3O3. The average Bonchev–Trinajstić information content (AvgIpc) is 2.70. The highest BCUT2D eigenvalue weighted by Gasteiger charge is 2.10. The Bertz CT molecular complexity index is 945. The maximum Gasteiger partial charge on any atom is 0.255 e. The third-order valence-electron chi connectivity index (χ3n) is 3.80. The minimum Gasteiger partial charge on any atom is -0.497 e. The molecule has 0 saturated heterocycles. The molecular weight excluding hydrogens is 349 g/mol. The number of anilines is 3. The predicted octanol–water partition coefficient (Wildman–Crippen LogP) is 4.23. The number of nitrogens with zero attached hydrogens (tertiary/aromatic N) is 1. The van der Waals surface area contributed by atoms with E-state index in [-0.39, 0.29) is 11.7 Å². The molecule has 6 nitrogen and oxygen atoms in total. The predicted molar refractivity (Wildman–Crippen MR) is 101 cm³/mol. The van der Waals surface area contributed by atoms with Crippen LogP contribution in [0, 0.1) is 5.82 Å². The van der Waals surface area contributed by atoms with Crippen molar-refractivity contribution in [1.29, 1.82) is 0 Å². The van der Waals surface area contributed by atoms with Crippen LogP contribution in [0.25, 0.3) is 0 Å². The first-order chi connectivity index (χ1) is 13.1. The number of amides is 1. The van der Waals surface area contributed by atoms with E-state index in [1.54, 1.807) is 44.6 Å². The lowest BCUT2D eigenvalue weighted by molar-refractivity contribution is 0.102. The highest BCUT2D eigenvalue weighted by Crippen LogP contribution is 2.31. The van der Waals surface area contributed by atoms with Crippen molar-refractivity contribution >= 4 is 23.1 Å². The third-order valence-corrected chi connectivity index (χ3v) is 3.80. The smallest absolute Gasteiger partial charge is 0.255 e. The summed E-state index contributed by atoms with van der Waals surface area (Å²) in [6, 6.07) is 14.1. The Balaban J connectivity index is 1.77. The van der Waals surface area contributed by atoms with Crippen molar-refractivity contribution in [3.63, 3.8) is 0 Å². The van der Waals surface area contributed by atoms with Gasteiger partial charge in [0.2, 0.25) is 0 Å². The summed E-state index contributed by atoms with van der Waals surface area (Å²) >= 11 is 0. The van der Waals surface area contributed by atoms with Crippen molar-refractivity contribution in [3.8, 4) is 11.5 Å². The number of hydrogen-bond acceptors (Lipinski definition) is 5. The van der Waals surface area contributed by atoms with Crippen LogP contribution < -0.4 is 20.1 Å². The molecule has 0 atom stereocenters. The van der Waals surface area contributed by atoms with Crippen LogP contribution in [0.2, 0.25) is 0 Å². The SMILES string of the molecule is COc1ccc(Nc2cc(C(=O)Nc3ccc(F)cc3)ccn2)c(OC)c1. The van der Waals surface area contributed by atoms with Crippen LogP contribution in [0.15, 0.2) is 60.8 Å². The van der Waals surface area contributed by atoms with Crippen LogP contribution in [0.4, 0.5) is 21.6 Å². The van der Waals surface area contributed by atoms with E-state index in [1.807, 2.05) is 0 Å². The van der Waals surface area contributed by atoms with Gasteiger partial charge in [0.1, 0.15) is 23.1 Å². The Hall–Kier alpha value is -3.61. The lowest BCUT2D eigenvalue weighted by atomic mass is 10.2. The zero-order chi connectivity index (χ0) is 19.2. The fourth-order valence-electron chi connectivity index (χ4n) is 2.42. The number of nitrogens with one attached hydrogen (secondary N) is 2. The van der Waals surface area contributed by atoms with Gasteiger partial charge in [0.15, 0.2) is 0 Å². The number of carbonyl (C=O) groups excluding carboxylic acids is 1. The summed E-state index contributed by atoms with van der Waals surface area (Å²) < 4.78 is 23.5. The van der Waals surface area contributed by atoms with Crippen LogP contribution in [-0.4, -0.2) is 25.1 Å². The van der Waals surface area contributed by atoms with Crippen molar-refractivity contribution in [2.24, 2.45) is 0 Å². The molecule has 0 saturated carbocycles. The second kappa shape index (κ2) is 8.18. The minimum atomic E-state index is -0.364. The van der Waals surface area contributed by atoms with E-state index >= 15 is 0 Å². The molecule has 0 bridgehead atoms. The van der Waals surface area contributed by atoms with Gasteiger partial charge in [-0.05, 0) is 48.5 Å². The maximum absolute atomic E-state index is 13.0. The van der Waals surface area contributed by atoms with Crippen LogP contribution in [0.1, 0.15) is 10.4 Å². The molecule has 0 fully saturated rings. The average molecular weight is 367 g/mol. The first-order valence-electron chi connectivity index (χ1n) is 8.11. The topological polar surface area (TPSA) is 72.5 Å². The Labute approximate surface area is 156 Å². The molecule has 0 unspecified atom stereocenters. The van der Waals surface area contributed by atoms with Crippen molar-refractivity contribution in [2.75, 3.05) is 24.9 Å². The molecule has 2 aromatic carbocycles. The molecule has 1 heterocycles. The van der Waals surface area contributed by atoms with Gasteiger partial charge in [-0.25, -0.2) is 9.37 Å². The van der Waals surface area contributed by atoms with Gasteiger partial charge >= 0.3 is 0 Å². The summed E-state index contributed by atoms with van der Waals surface area (Å²) in [6.45, 7) is 0. The molecule has 3 aromatic rings. The fourth-order valence-corrected chi connectivity index (χ4v) is 2.42. The first kappa shape index (κ1) is 18.2. The summed E-state index contributed by atoms with van der Waals surface area (Å²) in [5.74, 6) is 1.03. The van der Waals surface area contributed by atoms with Crippen molar-refractivity contribution < 1.29 is 18.7 Å². The van der Waals surface area contributed by atoms with Crippen LogP contribution in [0.5, 0.6) is 11.5 Å². The molecule has 0 aliphatic rings. The van der Waals surface area contributed by atoms with Crippen LogP contribution >= 0.6 is 0 Å². The monoisotopic (exact) mass is 367 g/mol. The number of pyridine rings is 1. The van der Waals surface area contributed by atoms with Gasteiger partial charge in [-0.15, -0.1) is 0 Å².